The van der Waals surface area contributed by atoms with Crippen molar-refractivity contribution in [3.63, 3.8) is 0 Å². The first-order valence-electron chi connectivity index (χ1n) is 10.1. The smallest absolute Gasteiger partial charge is 0.319 e. The van der Waals surface area contributed by atoms with Gasteiger partial charge in [-0.1, -0.05) is 36.4 Å². The van der Waals surface area contributed by atoms with Gasteiger partial charge in [0.15, 0.2) is 0 Å². The lowest BCUT2D eigenvalue weighted by atomic mass is 10.0. The molecule has 1 aliphatic rings. The van der Waals surface area contributed by atoms with Crippen LogP contribution in [0, 0.1) is 0 Å². The van der Waals surface area contributed by atoms with Gasteiger partial charge in [0.2, 0.25) is 0 Å². The third-order valence-corrected chi connectivity index (χ3v) is 5.03. The Morgan fingerprint density at radius 2 is 1.89 bits per heavy atom. The van der Waals surface area contributed by atoms with Crippen molar-refractivity contribution in [2.45, 2.75) is 51.6 Å². The highest BCUT2D eigenvalue weighted by Gasteiger charge is 2.29. The number of likely N-dealkylation sites (tertiary alicyclic amines) is 1. The molecule has 0 aromatic heterocycles. The highest BCUT2D eigenvalue weighted by atomic mass is 16.2. The minimum Gasteiger partial charge on any atom is -0.336 e. The van der Waals surface area contributed by atoms with Crippen molar-refractivity contribution in [2.75, 3.05) is 11.9 Å². The second-order valence-corrected chi connectivity index (χ2v) is 7.65. The maximum atomic E-state index is 13.1. The maximum absolute atomic E-state index is 13.1. The summed E-state index contributed by atoms with van der Waals surface area (Å²) in [7, 11) is 0. The van der Waals surface area contributed by atoms with Gasteiger partial charge in [-0.25, -0.2) is 4.79 Å². The first-order valence-corrected chi connectivity index (χ1v) is 10.1. The predicted molar refractivity (Wildman–Crippen MR) is 113 cm³/mol. The van der Waals surface area contributed by atoms with E-state index in [4.69, 9.17) is 0 Å². The van der Waals surface area contributed by atoms with Crippen LogP contribution in [-0.4, -0.2) is 35.5 Å². The molecular formula is C23H29N3O2. The van der Waals surface area contributed by atoms with Crippen molar-refractivity contribution in [3.05, 3.63) is 65.7 Å². The van der Waals surface area contributed by atoms with Crippen LogP contribution in [0.5, 0.6) is 0 Å². The normalized spacial score (nSPS) is 16.2. The second-order valence-electron chi connectivity index (χ2n) is 7.65. The summed E-state index contributed by atoms with van der Waals surface area (Å²) in [5.41, 5.74) is 2.56. The lowest BCUT2D eigenvalue weighted by Gasteiger charge is -2.25. The lowest BCUT2D eigenvalue weighted by molar-refractivity contribution is 0.0730. The molecule has 2 aromatic carbocycles. The molecule has 2 N–H and O–H groups in total. The molecule has 1 atom stereocenters. The largest absolute Gasteiger partial charge is 0.336 e. The summed E-state index contributed by atoms with van der Waals surface area (Å²) < 4.78 is 0. The average Bonchev–Trinajstić information content (AvgIpc) is 3.14. The number of amides is 3. The van der Waals surface area contributed by atoms with Crippen molar-refractivity contribution in [1.82, 2.24) is 10.2 Å². The summed E-state index contributed by atoms with van der Waals surface area (Å²) >= 11 is 0. The minimum atomic E-state index is -0.262. The molecule has 3 rings (SSSR count). The van der Waals surface area contributed by atoms with Crippen LogP contribution < -0.4 is 10.6 Å². The van der Waals surface area contributed by atoms with Crippen LogP contribution in [0.25, 0.3) is 0 Å². The SMILES string of the molecule is CC(C)NC(=O)Nc1cccc(C(=O)N2CCCC2CCc2ccccc2)c1. The van der Waals surface area contributed by atoms with E-state index in [-0.39, 0.29) is 24.0 Å². The molecule has 1 aliphatic heterocycles. The number of hydrogen-bond acceptors (Lipinski definition) is 2. The van der Waals surface area contributed by atoms with Crippen LogP contribution in [0.15, 0.2) is 54.6 Å². The number of aryl methyl sites for hydroxylation is 1. The fourth-order valence-electron chi connectivity index (χ4n) is 3.71. The lowest BCUT2D eigenvalue weighted by Crippen LogP contribution is -2.36. The number of rotatable bonds is 6. The van der Waals surface area contributed by atoms with Crippen molar-refractivity contribution in [3.8, 4) is 0 Å². The Balaban J connectivity index is 1.63. The fraction of sp³-hybridized carbons (Fsp3) is 0.391. The van der Waals surface area contributed by atoms with Crippen molar-refractivity contribution < 1.29 is 9.59 Å². The minimum absolute atomic E-state index is 0.0449. The van der Waals surface area contributed by atoms with E-state index in [1.807, 2.05) is 36.9 Å². The number of nitrogens with one attached hydrogen (secondary N) is 2. The number of carbonyl (C=O) groups is 2. The molecule has 1 heterocycles. The number of benzene rings is 2. The number of anilines is 1. The van der Waals surface area contributed by atoms with E-state index in [9.17, 15) is 9.59 Å². The summed E-state index contributed by atoms with van der Waals surface area (Å²) in [5.74, 6) is 0.0449. The van der Waals surface area contributed by atoms with Crippen LogP contribution in [0.3, 0.4) is 0 Å². The fourth-order valence-corrected chi connectivity index (χ4v) is 3.71. The highest BCUT2D eigenvalue weighted by molar-refractivity contribution is 5.97. The summed E-state index contributed by atoms with van der Waals surface area (Å²) in [6, 6.07) is 17.7. The molecule has 5 heteroatoms. The van der Waals surface area contributed by atoms with Gasteiger partial charge in [0.1, 0.15) is 0 Å². The molecule has 1 saturated heterocycles. The van der Waals surface area contributed by atoms with Crippen molar-refractivity contribution in [2.24, 2.45) is 0 Å². The van der Waals surface area contributed by atoms with Gasteiger partial charge in [-0.05, 0) is 63.3 Å². The number of urea groups is 1. The molecule has 0 aliphatic carbocycles. The molecule has 0 saturated carbocycles. The molecule has 5 nitrogen and oxygen atoms in total. The van der Waals surface area contributed by atoms with E-state index >= 15 is 0 Å². The van der Waals surface area contributed by atoms with Gasteiger partial charge in [0.05, 0.1) is 0 Å². The second kappa shape index (κ2) is 9.40. The van der Waals surface area contributed by atoms with E-state index < -0.39 is 0 Å². The Bertz CT molecular complexity index is 805. The van der Waals surface area contributed by atoms with E-state index in [1.54, 1.807) is 12.1 Å². The van der Waals surface area contributed by atoms with Gasteiger partial charge in [0.25, 0.3) is 5.91 Å². The van der Waals surface area contributed by atoms with Gasteiger partial charge in [-0.2, -0.15) is 0 Å². The Labute approximate surface area is 167 Å². The van der Waals surface area contributed by atoms with Crippen molar-refractivity contribution >= 4 is 17.6 Å². The highest BCUT2D eigenvalue weighted by Crippen LogP contribution is 2.25. The first kappa shape index (κ1) is 19.9. The zero-order valence-corrected chi connectivity index (χ0v) is 16.7. The van der Waals surface area contributed by atoms with Crippen LogP contribution in [0.4, 0.5) is 10.5 Å². The van der Waals surface area contributed by atoms with E-state index in [0.29, 0.717) is 11.3 Å². The zero-order chi connectivity index (χ0) is 19.9. The van der Waals surface area contributed by atoms with Gasteiger partial charge in [-0.3, -0.25) is 4.79 Å². The number of hydrogen-bond donors (Lipinski definition) is 2. The van der Waals surface area contributed by atoms with Crippen LogP contribution >= 0.6 is 0 Å². The van der Waals surface area contributed by atoms with Crippen LogP contribution in [-0.2, 0) is 6.42 Å². The molecule has 148 valence electrons. The standard InChI is InChI=1S/C23H29N3O2/c1-17(2)24-23(28)25-20-11-6-10-19(16-20)22(27)26-15-7-12-21(26)14-13-18-8-4-3-5-9-18/h3-6,8-11,16-17,21H,7,12-15H2,1-2H3,(H2,24,25,28). The molecule has 0 bridgehead atoms. The van der Waals surface area contributed by atoms with Gasteiger partial charge < -0.3 is 15.5 Å². The Morgan fingerprint density at radius 3 is 2.64 bits per heavy atom. The predicted octanol–water partition coefficient (Wildman–Crippen LogP) is 4.45. The molecule has 1 unspecified atom stereocenters. The molecule has 28 heavy (non-hydrogen) atoms. The third-order valence-electron chi connectivity index (χ3n) is 5.03. The Morgan fingerprint density at radius 1 is 1.11 bits per heavy atom. The molecule has 3 amide bonds. The summed E-state index contributed by atoms with van der Waals surface area (Å²) in [5, 5.41) is 5.59. The Kier molecular flexibility index (Phi) is 6.69. The number of carbonyl (C=O) groups excluding carboxylic acids is 2. The monoisotopic (exact) mass is 379 g/mol. The molecule has 0 radical (unpaired) electrons. The molecule has 0 spiro atoms. The quantitative estimate of drug-likeness (QED) is 0.779. The first-order chi connectivity index (χ1) is 13.5. The molecular weight excluding hydrogens is 350 g/mol. The maximum Gasteiger partial charge on any atom is 0.319 e. The van der Waals surface area contributed by atoms with Gasteiger partial charge >= 0.3 is 6.03 Å². The molecule has 2 aromatic rings. The van der Waals surface area contributed by atoms with Crippen LogP contribution in [0.1, 0.15) is 49.0 Å². The number of nitrogens with zero attached hydrogens (tertiary/aromatic N) is 1. The van der Waals surface area contributed by atoms with E-state index in [1.165, 1.54) is 5.56 Å². The Hall–Kier alpha value is -2.82. The van der Waals surface area contributed by atoms with Crippen molar-refractivity contribution in [1.29, 1.82) is 0 Å². The topological polar surface area (TPSA) is 61.4 Å². The average molecular weight is 380 g/mol. The van der Waals surface area contributed by atoms with Gasteiger partial charge in [-0.15, -0.1) is 0 Å². The summed E-state index contributed by atoms with van der Waals surface area (Å²) in [6.07, 6.45) is 4.05. The van der Waals surface area contributed by atoms with E-state index in [0.717, 1.165) is 32.2 Å². The van der Waals surface area contributed by atoms with E-state index in [2.05, 4.69) is 34.9 Å². The summed E-state index contributed by atoms with van der Waals surface area (Å²) in [6.45, 7) is 4.61. The van der Waals surface area contributed by atoms with Crippen LogP contribution in [0.2, 0.25) is 0 Å². The molecule has 1 fully saturated rings. The zero-order valence-electron chi connectivity index (χ0n) is 16.7. The summed E-state index contributed by atoms with van der Waals surface area (Å²) in [4.78, 5) is 27.0. The van der Waals surface area contributed by atoms with Gasteiger partial charge in [0, 0.05) is 29.9 Å². The third kappa shape index (κ3) is 5.35.